The van der Waals surface area contributed by atoms with Gasteiger partial charge in [-0.1, -0.05) is 26.0 Å². The van der Waals surface area contributed by atoms with Crippen LogP contribution in [0.25, 0.3) is 0 Å². The molecule has 6 heteroatoms. The largest absolute Gasteiger partial charge is 0.377 e. The smallest absolute Gasteiger partial charge is 0.243 e. The molecule has 0 unspecified atom stereocenters. The van der Waals surface area contributed by atoms with E-state index in [4.69, 9.17) is 10.5 Å². The zero-order valence-corrected chi connectivity index (χ0v) is 13.4. The lowest BCUT2D eigenvalue weighted by atomic mass is 10.1. The Morgan fingerprint density at radius 2 is 1.86 bits per heavy atom. The molecule has 1 aromatic rings. The van der Waals surface area contributed by atoms with Crippen molar-refractivity contribution in [1.29, 1.82) is 0 Å². The van der Waals surface area contributed by atoms with Crippen LogP contribution in [-0.2, 0) is 20.9 Å². The zero-order valence-electron chi connectivity index (χ0n) is 13.4. The van der Waals surface area contributed by atoms with Gasteiger partial charge in [0.15, 0.2) is 0 Å². The molecule has 2 amide bonds. The predicted octanol–water partition coefficient (Wildman–Crippen LogP) is 1.26. The van der Waals surface area contributed by atoms with Crippen LogP contribution in [0.15, 0.2) is 24.3 Å². The molecular weight excluding hydrogens is 282 g/mol. The van der Waals surface area contributed by atoms with Gasteiger partial charge in [-0.25, -0.2) is 0 Å². The summed E-state index contributed by atoms with van der Waals surface area (Å²) in [4.78, 5) is 23.4. The molecule has 0 radical (unpaired) electrons. The zero-order chi connectivity index (χ0) is 16.5. The molecule has 0 spiro atoms. The highest BCUT2D eigenvalue weighted by Gasteiger charge is 2.17. The summed E-state index contributed by atoms with van der Waals surface area (Å²) >= 11 is 0. The van der Waals surface area contributed by atoms with E-state index in [0.717, 1.165) is 5.56 Å². The summed E-state index contributed by atoms with van der Waals surface area (Å²) in [6, 6.07) is 6.77. The average molecular weight is 307 g/mol. The fourth-order valence-corrected chi connectivity index (χ4v) is 1.70. The van der Waals surface area contributed by atoms with E-state index in [9.17, 15) is 9.59 Å². The van der Waals surface area contributed by atoms with Crippen LogP contribution >= 0.6 is 0 Å². The number of nitrogens with one attached hydrogen (secondary N) is 2. The van der Waals surface area contributed by atoms with Gasteiger partial charge in [-0.05, 0) is 30.5 Å². The first-order valence-electron chi connectivity index (χ1n) is 7.43. The second-order valence-corrected chi connectivity index (χ2v) is 5.37. The van der Waals surface area contributed by atoms with E-state index in [1.54, 1.807) is 12.1 Å². The van der Waals surface area contributed by atoms with Gasteiger partial charge in [0, 0.05) is 12.3 Å². The minimum absolute atomic E-state index is 0.0287. The topological polar surface area (TPSA) is 93.5 Å². The Balaban J connectivity index is 2.40. The molecule has 22 heavy (non-hydrogen) atoms. The van der Waals surface area contributed by atoms with Gasteiger partial charge in [0.05, 0.1) is 19.2 Å². The number of ether oxygens (including phenoxy) is 1. The number of carbonyl (C=O) groups is 2. The molecule has 0 bridgehead atoms. The summed E-state index contributed by atoms with van der Waals surface area (Å²) in [5, 5.41) is 5.24. The van der Waals surface area contributed by atoms with Gasteiger partial charge in [-0.2, -0.15) is 0 Å². The fourth-order valence-electron chi connectivity index (χ4n) is 1.70. The Morgan fingerprint density at radius 3 is 2.41 bits per heavy atom. The quantitative estimate of drug-likeness (QED) is 0.674. The van der Waals surface area contributed by atoms with Crippen molar-refractivity contribution in [1.82, 2.24) is 5.32 Å². The van der Waals surface area contributed by atoms with Gasteiger partial charge >= 0.3 is 0 Å². The van der Waals surface area contributed by atoms with Gasteiger partial charge in [-0.3, -0.25) is 9.59 Å². The normalized spacial score (nSPS) is 12.0. The van der Waals surface area contributed by atoms with Crippen LogP contribution in [0.2, 0.25) is 0 Å². The van der Waals surface area contributed by atoms with Crippen LogP contribution in [0.5, 0.6) is 0 Å². The van der Waals surface area contributed by atoms with Crippen LogP contribution in [0.3, 0.4) is 0 Å². The molecule has 0 fully saturated rings. The Labute approximate surface area is 131 Å². The number of hydrogen-bond acceptors (Lipinski definition) is 4. The molecule has 0 heterocycles. The number of hydrogen-bond donors (Lipinski definition) is 3. The number of anilines is 1. The number of rotatable bonds is 8. The predicted molar refractivity (Wildman–Crippen MR) is 86.2 cm³/mol. The molecule has 0 aliphatic heterocycles. The summed E-state index contributed by atoms with van der Waals surface area (Å²) in [6.07, 6.45) is 0. The first-order chi connectivity index (χ1) is 10.4. The van der Waals surface area contributed by atoms with Crippen molar-refractivity contribution in [3.63, 3.8) is 0 Å². The summed E-state index contributed by atoms with van der Waals surface area (Å²) in [5.41, 5.74) is 7.41. The van der Waals surface area contributed by atoms with Crippen LogP contribution in [0.1, 0.15) is 26.3 Å². The standard InChI is InChI=1S/C16H25N3O3/c1-4-22-10-12-5-7-13(8-6-12)19-14(20)9-18-16(21)15(17)11(2)3/h5-8,11,15H,4,9-10,17H2,1-3H3,(H,18,21)(H,19,20)/t15-/m0/s1. The van der Waals surface area contributed by atoms with Crippen molar-refractivity contribution < 1.29 is 14.3 Å². The lowest BCUT2D eigenvalue weighted by molar-refractivity contribution is -0.125. The molecule has 0 aliphatic carbocycles. The molecule has 0 saturated heterocycles. The number of carbonyl (C=O) groups excluding carboxylic acids is 2. The van der Waals surface area contributed by atoms with Gasteiger partial charge in [0.25, 0.3) is 0 Å². The number of nitrogens with two attached hydrogens (primary N) is 1. The maximum Gasteiger partial charge on any atom is 0.243 e. The van der Waals surface area contributed by atoms with E-state index in [1.165, 1.54) is 0 Å². The third-order valence-corrected chi connectivity index (χ3v) is 3.15. The molecule has 0 saturated carbocycles. The maximum absolute atomic E-state index is 11.8. The second kappa shape index (κ2) is 9.17. The Bertz CT molecular complexity index is 486. The second-order valence-electron chi connectivity index (χ2n) is 5.37. The molecule has 6 nitrogen and oxygen atoms in total. The van der Waals surface area contributed by atoms with E-state index < -0.39 is 6.04 Å². The van der Waals surface area contributed by atoms with Crippen LogP contribution in [0, 0.1) is 5.92 Å². The van der Waals surface area contributed by atoms with E-state index >= 15 is 0 Å². The van der Waals surface area contributed by atoms with Crippen LogP contribution in [-0.4, -0.2) is 31.0 Å². The third kappa shape index (κ3) is 6.24. The van der Waals surface area contributed by atoms with Crippen molar-refractivity contribution in [3.8, 4) is 0 Å². The molecule has 1 rings (SSSR count). The average Bonchev–Trinajstić information content (AvgIpc) is 2.51. The first kappa shape index (κ1) is 18.1. The van der Waals surface area contributed by atoms with Gasteiger partial charge in [0.1, 0.15) is 0 Å². The lowest BCUT2D eigenvalue weighted by Crippen LogP contribution is -2.46. The van der Waals surface area contributed by atoms with Crippen LogP contribution < -0.4 is 16.4 Å². The van der Waals surface area contributed by atoms with Crippen molar-refractivity contribution in [3.05, 3.63) is 29.8 Å². The van der Waals surface area contributed by atoms with Gasteiger partial charge in [-0.15, -0.1) is 0 Å². The van der Waals surface area contributed by atoms with E-state index in [-0.39, 0.29) is 24.3 Å². The molecule has 1 atom stereocenters. The molecule has 122 valence electrons. The molecule has 1 aromatic carbocycles. The molecule has 0 aliphatic rings. The molecular formula is C16H25N3O3. The van der Waals surface area contributed by atoms with E-state index in [1.807, 2.05) is 32.9 Å². The highest BCUT2D eigenvalue weighted by Crippen LogP contribution is 2.10. The minimum Gasteiger partial charge on any atom is -0.377 e. The third-order valence-electron chi connectivity index (χ3n) is 3.15. The fraction of sp³-hybridized carbons (Fsp3) is 0.500. The summed E-state index contributed by atoms with van der Waals surface area (Å²) < 4.78 is 5.30. The SMILES string of the molecule is CCOCc1ccc(NC(=O)CNC(=O)[C@@H](N)C(C)C)cc1. The maximum atomic E-state index is 11.8. The molecule has 4 N–H and O–H groups in total. The van der Waals surface area contributed by atoms with Crippen molar-refractivity contribution in [2.45, 2.75) is 33.4 Å². The summed E-state index contributed by atoms with van der Waals surface area (Å²) in [6.45, 7) is 6.76. The first-order valence-corrected chi connectivity index (χ1v) is 7.43. The summed E-state index contributed by atoms with van der Waals surface area (Å²) in [7, 11) is 0. The highest BCUT2D eigenvalue weighted by molar-refractivity contribution is 5.95. The van der Waals surface area contributed by atoms with E-state index in [2.05, 4.69) is 10.6 Å². The Kier molecular flexibility index (Phi) is 7.56. The monoisotopic (exact) mass is 307 g/mol. The minimum atomic E-state index is -0.606. The van der Waals surface area contributed by atoms with Crippen molar-refractivity contribution in [2.75, 3.05) is 18.5 Å². The van der Waals surface area contributed by atoms with Crippen molar-refractivity contribution >= 4 is 17.5 Å². The summed E-state index contributed by atoms with van der Waals surface area (Å²) in [5.74, 6) is -0.583. The van der Waals surface area contributed by atoms with Crippen molar-refractivity contribution in [2.24, 2.45) is 11.7 Å². The highest BCUT2D eigenvalue weighted by atomic mass is 16.5. The Morgan fingerprint density at radius 1 is 1.23 bits per heavy atom. The Hall–Kier alpha value is -1.92. The van der Waals surface area contributed by atoms with Gasteiger partial charge < -0.3 is 21.1 Å². The van der Waals surface area contributed by atoms with E-state index in [0.29, 0.717) is 18.9 Å². The number of amides is 2. The molecule has 0 aromatic heterocycles. The van der Waals surface area contributed by atoms with Gasteiger partial charge in [0.2, 0.25) is 11.8 Å². The number of benzene rings is 1. The van der Waals surface area contributed by atoms with Crippen LogP contribution in [0.4, 0.5) is 5.69 Å². The lowest BCUT2D eigenvalue weighted by Gasteiger charge is -2.15.